The SMILES string of the molecule is CNc1nc([C@H]2CCCCN2C(=O)c2cc(C3CC3)on2)nc2c1CN(C(C)=O)CC2. The average molecular weight is 425 g/mol. The number of piperidine rings is 1. The molecule has 0 radical (unpaired) electrons. The second kappa shape index (κ2) is 7.94. The topological polar surface area (TPSA) is 104 Å². The first-order chi connectivity index (χ1) is 15.0. The van der Waals surface area contributed by atoms with Crippen LogP contribution in [0, 0.1) is 0 Å². The summed E-state index contributed by atoms with van der Waals surface area (Å²) in [7, 11) is 1.83. The molecule has 2 aromatic rings. The summed E-state index contributed by atoms with van der Waals surface area (Å²) in [5.74, 6) is 2.58. The Hall–Kier alpha value is -2.97. The van der Waals surface area contributed by atoms with Crippen molar-refractivity contribution < 1.29 is 14.1 Å². The Kier molecular flexibility index (Phi) is 5.11. The van der Waals surface area contributed by atoms with Gasteiger partial charge in [-0.1, -0.05) is 5.16 Å². The molecule has 9 nitrogen and oxygen atoms in total. The molecule has 0 bridgehead atoms. The van der Waals surface area contributed by atoms with Gasteiger partial charge in [-0.05, 0) is 32.1 Å². The van der Waals surface area contributed by atoms with Crippen LogP contribution < -0.4 is 5.32 Å². The predicted molar refractivity (Wildman–Crippen MR) is 112 cm³/mol. The van der Waals surface area contributed by atoms with Gasteiger partial charge in [0.1, 0.15) is 11.6 Å². The fraction of sp³-hybridized carbons (Fsp3) is 0.591. The van der Waals surface area contributed by atoms with Crippen LogP contribution in [0.4, 0.5) is 5.82 Å². The molecule has 1 saturated carbocycles. The van der Waals surface area contributed by atoms with Gasteiger partial charge in [-0.25, -0.2) is 9.97 Å². The van der Waals surface area contributed by atoms with E-state index in [4.69, 9.17) is 14.5 Å². The number of anilines is 1. The van der Waals surface area contributed by atoms with Crippen molar-refractivity contribution >= 4 is 17.6 Å². The van der Waals surface area contributed by atoms with Gasteiger partial charge in [0.15, 0.2) is 11.5 Å². The number of nitrogens with one attached hydrogen (secondary N) is 1. The van der Waals surface area contributed by atoms with E-state index in [0.717, 1.165) is 54.9 Å². The fourth-order valence-corrected chi connectivity index (χ4v) is 4.60. The van der Waals surface area contributed by atoms with Crippen molar-refractivity contribution in [3.8, 4) is 0 Å². The van der Waals surface area contributed by atoms with Gasteiger partial charge in [-0.3, -0.25) is 9.59 Å². The van der Waals surface area contributed by atoms with Gasteiger partial charge < -0.3 is 19.6 Å². The minimum absolute atomic E-state index is 0.0546. The Labute approximate surface area is 181 Å². The number of aromatic nitrogens is 3. The van der Waals surface area contributed by atoms with E-state index < -0.39 is 0 Å². The molecule has 1 aliphatic carbocycles. The van der Waals surface area contributed by atoms with Crippen molar-refractivity contribution in [2.75, 3.05) is 25.5 Å². The van der Waals surface area contributed by atoms with Gasteiger partial charge in [0.2, 0.25) is 5.91 Å². The number of hydrogen-bond acceptors (Lipinski definition) is 7. The van der Waals surface area contributed by atoms with Gasteiger partial charge in [0.05, 0.1) is 18.3 Å². The van der Waals surface area contributed by atoms with E-state index in [1.54, 1.807) is 13.0 Å². The molecule has 0 unspecified atom stereocenters. The summed E-state index contributed by atoms with van der Waals surface area (Å²) in [6.07, 6.45) is 5.69. The third kappa shape index (κ3) is 3.77. The van der Waals surface area contributed by atoms with Crippen molar-refractivity contribution in [3.63, 3.8) is 0 Å². The summed E-state index contributed by atoms with van der Waals surface area (Å²) < 4.78 is 5.41. The summed E-state index contributed by atoms with van der Waals surface area (Å²) in [5, 5.41) is 7.23. The molecule has 31 heavy (non-hydrogen) atoms. The Balaban J connectivity index is 1.44. The molecule has 2 amide bonds. The normalized spacial score (nSPS) is 21.0. The molecule has 0 spiro atoms. The highest BCUT2D eigenvalue weighted by Gasteiger charge is 2.35. The van der Waals surface area contributed by atoms with Crippen LogP contribution in [0.5, 0.6) is 0 Å². The van der Waals surface area contributed by atoms with Gasteiger partial charge in [0, 0.05) is 51.0 Å². The second-order valence-corrected chi connectivity index (χ2v) is 8.70. The maximum atomic E-state index is 13.3. The fourth-order valence-electron chi connectivity index (χ4n) is 4.60. The van der Waals surface area contributed by atoms with Crippen molar-refractivity contribution in [2.45, 2.75) is 64.0 Å². The number of fused-ring (bicyclic) bond motifs is 1. The highest BCUT2D eigenvalue weighted by atomic mass is 16.5. The first kappa shape index (κ1) is 20.0. The Morgan fingerprint density at radius 2 is 2.00 bits per heavy atom. The minimum atomic E-state index is -0.189. The van der Waals surface area contributed by atoms with E-state index in [2.05, 4.69) is 10.5 Å². The lowest BCUT2D eigenvalue weighted by molar-refractivity contribution is -0.129. The maximum absolute atomic E-state index is 13.3. The van der Waals surface area contributed by atoms with E-state index in [0.29, 0.717) is 43.5 Å². The highest BCUT2D eigenvalue weighted by molar-refractivity contribution is 5.92. The Morgan fingerprint density at radius 3 is 2.74 bits per heavy atom. The molecule has 3 aliphatic rings. The zero-order valence-corrected chi connectivity index (χ0v) is 18.1. The van der Waals surface area contributed by atoms with Crippen LogP contribution in [0.2, 0.25) is 0 Å². The highest BCUT2D eigenvalue weighted by Crippen LogP contribution is 2.40. The number of nitrogens with zero attached hydrogens (tertiary/aromatic N) is 5. The lowest BCUT2D eigenvalue weighted by Crippen LogP contribution is -2.40. The molecule has 1 atom stereocenters. The molecule has 9 heteroatoms. The van der Waals surface area contributed by atoms with Gasteiger partial charge in [0.25, 0.3) is 5.91 Å². The van der Waals surface area contributed by atoms with Gasteiger partial charge in [-0.15, -0.1) is 0 Å². The quantitative estimate of drug-likeness (QED) is 0.804. The molecule has 2 aliphatic heterocycles. The van der Waals surface area contributed by atoms with Crippen LogP contribution in [0.1, 0.15) is 84.3 Å². The smallest absolute Gasteiger partial charge is 0.276 e. The molecular formula is C22H28N6O3. The molecule has 1 saturated heterocycles. The van der Waals surface area contributed by atoms with E-state index in [1.807, 2.05) is 16.8 Å². The molecule has 164 valence electrons. The predicted octanol–water partition coefficient (Wildman–Crippen LogP) is 2.66. The van der Waals surface area contributed by atoms with Crippen LogP contribution in [-0.4, -0.2) is 56.9 Å². The largest absolute Gasteiger partial charge is 0.373 e. The van der Waals surface area contributed by atoms with Gasteiger partial charge in [-0.2, -0.15) is 0 Å². The maximum Gasteiger partial charge on any atom is 0.276 e. The van der Waals surface area contributed by atoms with E-state index in [1.165, 1.54) is 0 Å². The number of rotatable bonds is 4. The van der Waals surface area contributed by atoms with Crippen LogP contribution in [0.25, 0.3) is 0 Å². The van der Waals surface area contributed by atoms with Crippen LogP contribution in [0.3, 0.4) is 0 Å². The van der Waals surface area contributed by atoms with Gasteiger partial charge >= 0.3 is 0 Å². The lowest BCUT2D eigenvalue weighted by Gasteiger charge is -2.35. The number of carbonyl (C=O) groups is 2. The van der Waals surface area contributed by atoms with Crippen LogP contribution in [-0.2, 0) is 17.8 Å². The number of amides is 2. The summed E-state index contributed by atoms with van der Waals surface area (Å²) >= 11 is 0. The standard InChI is InChI=1S/C22H28N6O3/c1-13(29)27-10-8-16-15(12-27)20(23-2)25-21(24-16)18-5-3-4-9-28(18)22(30)17-11-19(31-26-17)14-6-7-14/h11,14,18H,3-10,12H2,1-2H3,(H,23,24,25)/t18-/m1/s1. The van der Waals surface area contributed by atoms with Crippen molar-refractivity contribution in [2.24, 2.45) is 0 Å². The lowest BCUT2D eigenvalue weighted by atomic mass is 9.99. The Bertz CT molecular complexity index is 997. The number of carbonyl (C=O) groups excluding carboxylic acids is 2. The second-order valence-electron chi connectivity index (χ2n) is 8.70. The molecule has 2 aromatic heterocycles. The molecular weight excluding hydrogens is 396 g/mol. The summed E-state index contributed by atoms with van der Waals surface area (Å²) in [6, 6.07) is 1.61. The van der Waals surface area contributed by atoms with Crippen molar-refractivity contribution in [1.82, 2.24) is 24.9 Å². The Morgan fingerprint density at radius 1 is 1.16 bits per heavy atom. The minimum Gasteiger partial charge on any atom is -0.373 e. The average Bonchev–Trinajstić information content (AvgIpc) is 3.53. The third-order valence-corrected chi connectivity index (χ3v) is 6.55. The van der Waals surface area contributed by atoms with Crippen LogP contribution >= 0.6 is 0 Å². The number of hydrogen-bond donors (Lipinski definition) is 1. The van der Waals surface area contributed by atoms with E-state index in [-0.39, 0.29) is 17.9 Å². The summed E-state index contributed by atoms with van der Waals surface area (Å²) in [6.45, 7) is 3.40. The third-order valence-electron chi connectivity index (χ3n) is 6.55. The molecule has 5 rings (SSSR count). The monoisotopic (exact) mass is 424 g/mol. The molecule has 0 aromatic carbocycles. The first-order valence-corrected chi connectivity index (χ1v) is 11.2. The van der Waals surface area contributed by atoms with E-state index in [9.17, 15) is 9.59 Å². The van der Waals surface area contributed by atoms with Crippen LogP contribution in [0.15, 0.2) is 10.6 Å². The van der Waals surface area contributed by atoms with E-state index >= 15 is 0 Å². The first-order valence-electron chi connectivity index (χ1n) is 11.2. The summed E-state index contributed by atoms with van der Waals surface area (Å²) in [5.41, 5.74) is 2.30. The summed E-state index contributed by atoms with van der Waals surface area (Å²) in [4.78, 5) is 38.5. The van der Waals surface area contributed by atoms with Crippen molar-refractivity contribution in [1.29, 1.82) is 0 Å². The molecule has 1 N–H and O–H groups in total. The molecule has 2 fully saturated rings. The zero-order valence-electron chi connectivity index (χ0n) is 18.1. The molecule has 4 heterocycles. The number of likely N-dealkylation sites (tertiary alicyclic amines) is 1. The zero-order chi connectivity index (χ0) is 21.5. The van der Waals surface area contributed by atoms with Crippen molar-refractivity contribution in [3.05, 3.63) is 34.6 Å².